The summed E-state index contributed by atoms with van der Waals surface area (Å²) in [6.07, 6.45) is 12.9. The summed E-state index contributed by atoms with van der Waals surface area (Å²) in [6, 6.07) is 0. The Morgan fingerprint density at radius 1 is 1.47 bits per heavy atom. The molecule has 0 radical (unpaired) electrons. The average Bonchev–Trinajstić information content (AvgIpc) is 2.78. The van der Waals surface area contributed by atoms with Crippen molar-refractivity contribution in [3.63, 3.8) is 0 Å². The van der Waals surface area contributed by atoms with Crippen LogP contribution in [-0.4, -0.2) is 10.8 Å². The molecular formula is C15H15NO. The van der Waals surface area contributed by atoms with Crippen molar-refractivity contribution in [1.29, 1.82) is 0 Å². The van der Waals surface area contributed by atoms with Gasteiger partial charge in [0.05, 0.1) is 0 Å². The van der Waals surface area contributed by atoms with E-state index in [-0.39, 0.29) is 5.78 Å². The molecule has 0 aromatic carbocycles. The summed E-state index contributed by atoms with van der Waals surface area (Å²) in [5.74, 6) is -0.0350. The molecule has 1 aliphatic rings. The Labute approximate surface area is 101 Å². The number of hydrogen-bond acceptors (Lipinski definition) is 1. The molecule has 2 heteroatoms. The standard InChI is InChI=1S/C15H15NO/c1-3-4-7-11(2)15(17)13-10-16-14-9-6-5-8-12(13)14/h3-5,7-8,10,16H,1-2,6,9H2/b7-4-. The molecule has 1 heterocycles. The molecule has 0 saturated carbocycles. The number of rotatable bonds is 4. The number of carbonyl (C=O) groups is 1. The van der Waals surface area contributed by atoms with Gasteiger partial charge in [-0.1, -0.05) is 43.5 Å². The van der Waals surface area contributed by atoms with Crippen molar-refractivity contribution in [1.82, 2.24) is 4.98 Å². The van der Waals surface area contributed by atoms with Crippen LogP contribution in [0.5, 0.6) is 0 Å². The largest absolute Gasteiger partial charge is 0.364 e. The van der Waals surface area contributed by atoms with Gasteiger partial charge in [-0.05, 0) is 12.8 Å². The molecule has 0 saturated heterocycles. The highest BCUT2D eigenvalue weighted by molar-refractivity contribution is 6.12. The Balaban J connectivity index is 2.30. The maximum Gasteiger partial charge on any atom is 0.194 e. The van der Waals surface area contributed by atoms with Gasteiger partial charge in [-0.3, -0.25) is 4.79 Å². The van der Waals surface area contributed by atoms with Crippen molar-refractivity contribution < 1.29 is 4.79 Å². The molecule has 0 fully saturated rings. The topological polar surface area (TPSA) is 32.9 Å². The van der Waals surface area contributed by atoms with Gasteiger partial charge in [0.25, 0.3) is 0 Å². The van der Waals surface area contributed by atoms with Gasteiger partial charge in [-0.25, -0.2) is 0 Å². The Hall–Kier alpha value is -2.09. The predicted octanol–water partition coefficient (Wildman–Crippen LogP) is 3.46. The lowest BCUT2D eigenvalue weighted by Gasteiger charge is -2.06. The van der Waals surface area contributed by atoms with Crippen molar-refractivity contribution in [3.05, 3.63) is 66.1 Å². The van der Waals surface area contributed by atoms with Crippen LogP contribution in [0.1, 0.15) is 28.0 Å². The number of aromatic amines is 1. The van der Waals surface area contributed by atoms with Crippen molar-refractivity contribution in [2.24, 2.45) is 0 Å². The third-order valence-electron chi connectivity index (χ3n) is 2.82. The maximum absolute atomic E-state index is 12.1. The fraction of sp³-hybridized carbons (Fsp3) is 0.133. The number of allylic oxidation sites excluding steroid dienone is 5. The van der Waals surface area contributed by atoms with Crippen LogP contribution in [0.4, 0.5) is 0 Å². The van der Waals surface area contributed by atoms with E-state index in [1.54, 1.807) is 24.4 Å². The van der Waals surface area contributed by atoms with E-state index in [1.807, 2.05) is 6.08 Å². The third kappa shape index (κ3) is 2.21. The number of hydrogen-bond donors (Lipinski definition) is 1. The van der Waals surface area contributed by atoms with Crippen molar-refractivity contribution in [2.45, 2.75) is 12.8 Å². The van der Waals surface area contributed by atoms with E-state index < -0.39 is 0 Å². The van der Waals surface area contributed by atoms with Crippen molar-refractivity contribution in [3.8, 4) is 0 Å². The Kier molecular flexibility index (Phi) is 3.24. The number of aryl methyl sites for hydroxylation is 1. The minimum atomic E-state index is -0.0350. The molecule has 0 unspecified atom stereocenters. The first kappa shape index (κ1) is 11.4. The Morgan fingerprint density at radius 2 is 2.29 bits per heavy atom. The number of Topliss-reactive ketones (excluding diaryl/α,β-unsaturated/α-hetero) is 1. The summed E-state index contributed by atoms with van der Waals surface area (Å²) >= 11 is 0. The summed E-state index contributed by atoms with van der Waals surface area (Å²) in [5, 5.41) is 0. The predicted molar refractivity (Wildman–Crippen MR) is 71.0 cm³/mol. The molecule has 1 aromatic heterocycles. The van der Waals surface area contributed by atoms with E-state index in [2.05, 4.69) is 24.2 Å². The normalized spacial score (nSPS) is 13.6. The van der Waals surface area contributed by atoms with Gasteiger partial charge >= 0.3 is 0 Å². The quantitative estimate of drug-likeness (QED) is 0.475. The van der Waals surface area contributed by atoms with Crippen LogP contribution in [0, 0.1) is 0 Å². The fourth-order valence-electron chi connectivity index (χ4n) is 1.92. The monoisotopic (exact) mass is 225 g/mol. The molecule has 1 N–H and O–H groups in total. The summed E-state index contributed by atoms with van der Waals surface area (Å²) in [4.78, 5) is 15.3. The van der Waals surface area contributed by atoms with Gasteiger partial charge in [0, 0.05) is 28.6 Å². The highest BCUT2D eigenvalue weighted by Crippen LogP contribution is 2.24. The smallest absolute Gasteiger partial charge is 0.194 e. The molecule has 0 bridgehead atoms. The van der Waals surface area contributed by atoms with E-state index in [1.165, 1.54) is 0 Å². The van der Waals surface area contributed by atoms with Gasteiger partial charge in [-0.2, -0.15) is 0 Å². The summed E-state index contributed by atoms with van der Waals surface area (Å²) in [7, 11) is 0. The molecule has 1 aliphatic carbocycles. The molecule has 2 nitrogen and oxygen atoms in total. The van der Waals surface area contributed by atoms with Crippen LogP contribution in [0.15, 0.2) is 49.2 Å². The van der Waals surface area contributed by atoms with E-state index in [0.717, 1.165) is 24.1 Å². The highest BCUT2D eigenvalue weighted by Gasteiger charge is 2.17. The molecule has 0 atom stereocenters. The molecule has 2 rings (SSSR count). The molecule has 0 aliphatic heterocycles. The lowest BCUT2D eigenvalue weighted by Crippen LogP contribution is -2.02. The first-order chi connectivity index (χ1) is 8.24. The number of aromatic nitrogens is 1. The van der Waals surface area contributed by atoms with Gasteiger partial charge in [-0.15, -0.1) is 0 Å². The molecule has 1 aromatic rings. The zero-order valence-corrected chi connectivity index (χ0v) is 9.70. The number of fused-ring (bicyclic) bond motifs is 1. The zero-order chi connectivity index (χ0) is 12.3. The third-order valence-corrected chi connectivity index (χ3v) is 2.82. The summed E-state index contributed by atoms with van der Waals surface area (Å²) < 4.78 is 0. The zero-order valence-electron chi connectivity index (χ0n) is 9.70. The second-order valence-electron chi connectivity index (χ2n) is 3.98. The number of carbonyl (C=O) groups excluding carboxylic acids is 1. The molecular weight excluding hydrogens is 210 g/mol. The molecule has 0 amide bonds. The second-order valence-corrected chi connectivity index (χ2v) is 3.98. The lowest BCUT2D eigenvalue weighted by atomic mass is 9.97. The summed E-state index contributed by atoms with van der Waals surface area (Å²) in [6.45, 7) is 7.34. The number of H-pyrrole nitrogens is 1. The van der Waals surface area contributed by atoms with Crippen molar-refractivity contribution >= 4 is 11.9 Å². The van der Waals surface area contributed by atoms with Gasteiger partial charge in [0.15, 0.2) is 5.78 Å². The van der Waals surface area contributed by atoms with E-state index >= 15 is 0 Å². The van der Waals surface area contributed by atoms with Crippen LogP contribution >= 0.6 is 0 Å². The molecule has 0 spiro atoms. The van der Waals surface area contributed by atoms with Crippen LogP contribution in [0.3, 0.4) is 0 Å². The molecule has 17 heavy (non-hydrogen) atoms. The van der Waals surface area contributed by atoms with Crippen LogP contribution in [0.2, 0.25) is 0 Å². The van der Waals surface area contributed by atoms with E-state index in [9.17, 15) is 4.79 Å². The average molecular weight is 225 g/mol. The van der Waals surface area contributed by atoms with Gasteiger partial charge in [0.1, 0.15) is 0 Å². The first-order valence-electron chi connectivity index (χ1n) is 5.63. The first-order valence-corrected chi connectivity index (χ1v) is 5.63. The van der Waals surface area contributed by atoms with Crippen LogP contribution in [0.25, 0.3) is 6.08 Å². The van der Waals surface area contributed by atoms with E-state index in [0.29, 0.717) is 11.1 Å². The number of ketones is 1. The lowest BCUT2D eigenvalue weighted by molar-refractivity contribution is 0.103. The van der Waals surface area contributed by atoms with Crippen LogP contribution in [-0.2, 0) is 6.42 Å². The highest BCUT2D eigenvalue weighted by atomic mass is 16.1. The maximum atomic E-state index is 12.1. The molecule has 86 valence electrons. The Bertz CT molecular complexity index is 529. The Morgan fingerprint density at radius 3 is 3.06 bits per heavy atom. The fourth-order valence-corrected chi connectivity index (χ4v) is 1.92. The van der Waals surface area contributed by atoms with Gasteiger partial charge in [0.2, 0.25) is 0 Å². The minimum absolute atomic E-state index is 0.0350. The number of nitrogens with one attached hydrogen (secondary N) is 1. The van der Waals surface area contributed by atoms with Gasteiger partial charge < -0.3 is 4.98 Å². The minimum Gasteiger partial charge on any atom is -0.364 e. The van der Waals surface area contributed by atoms with Crippen LogP contribution < -0.4 is 0 Å². The summed E-state index contributed by atoms with van der Waals surface area (Å²) in [5.41, 5.74) is 3.33. The SMILES string of the molecule is C=C/C=C\C(=C)C(=O)c1c[nH]c2c1C=CCC2. The van der Waals surface area contributed by atoms with Crippen molar-refractivity contribution in [2.75, 3.05) is 0 Å². The second kappa shape index (κ2) is 4.83. The van der Waals surface area contributed by atoms with E-state index in [4.69, 9.17) is 0 Å².